The van der Waals surface area contributed by atoms with Crippen LogP contribution in [0.2, 0.25) is 0 Å². The second kappa shape index (κ2) is 9.66. The summed E-state index contributed by atoms with van der Waals surface area (Å²) in [5.74, 6) is 0.619. The van der Waals surface area contributed by atoms with Crippen LogP contribution in [0.3, 0.4) is 0 Å². The summed E-state index contributed by atoms with van der Waals surface area (Å²) in [6.07, 6.45) is 2.50. The Morgan fingerprint density at radius 1 is 1.34 bits per heavy atom. The third-order valence-corrected chi connectivity index (χ3v) is 7.24. The number of anilines is 3. The van der Waals surface area contributed by atoms with E-state index in [4.69, 9.17) is 4.74 Å². The number of nitrogens with zero attached hydrogens (tertiary/aromatic N) is 4. The molecule has 2 aromatic heterocycles. The zero-order chi connectivity index (χ0) is 20.1. The Labute approximate surface area is 181 Å². The first-order chi connectivity index (χ1) is 14.2. The van der Waals surface area contributed by atoms with Crippen molar-refractivity contribution in [1.82, 2.24) is 15.2 Å². The van der Waals surface area contributed by atoms with Crippen molar-refractivity contribution < 1.29 is 9.53 Å². The van der Waals surface area contributed by atoms with Gasteiger partial charge in [0.2, 0.25) is 11.0 Å². The monoisotopic (exact) mass is 447 g/mol. The maximum Gasteiger partial charge on any atom is 0.230 e. The summed E-state index contributed by atoms with van der Waals surface area (Å²) in [4.78, 5) is 18.4. The van der Waals surface area contributed by atoms with Gasteiger partial charge in [-0.1, -0.05) is 41.3 Å². The van der Waals surface area contributed by atoms with E-state index in [0.29, 0.717) is 10.9 Å². The van der Waals surface area contributed by atoms with Crippen molar-refractivity contribution in [2.75, 3.05) is 23.4 Å². The van der Waals surface area contributed by atoms with Gasteiger partial charge in [0, 0.05) is 31.2 Å². The molecule has 1 saturated heterocycles. The van der Waals surface area contributed by atoms with Gasteiger partial charge in [-0.05, 0) is 25.0 Å². The van der Waals surface area contributed by atoms with E-state index in [1.165, 1.54) is 22.7 Å². The fourth-order valence-corrected chi connectivity index (χ4v) is 5.59. The third kappa shape index (κ3) is 5.33. The lowest BCUT2D eigenvalue weighted by molar-refractivity contribution is -0.115. The van der Waals surface area contributed by atoms with Gasteiger partial charge in [0.25, 0.3) is 0 Å². The van der Waals surface area contributed by atoms with Gasteiger partial charge in [-0.25, -0.2) is 4.98 Å². The van der Waals surface area contributed by atoms with Crippen molar-refractivity contribution in [3.63, 3.8) is 0 Å². The van der Waals surface area contributed by atoms with Gasteiger partial charge >= 0.3 is 0 Å². The molecule has 1 amide bonds. The van der Waals surface area contributed by atoms with Gasteiger partial charge in [0.1, 0.15) is 0 Å². The number of ether oxygens (including phenoxy) is 1. The van der Waals surface area contributed by atoms with Crippen LogP contribution in [0.15, 0.2) is 40.1 Å². The average Bonchev–Trinajstić information content (AvgIpc) is 3.48. The molecule has 1 fully saturated rings. The van der Waals surface area contributed by atoms with Gasteiger partial charge in [0.05, 0.1) is 17.5 Å². The lowest BCUT2D eigenvalue weighted by atomic mass is 10.2. The summed E-state index contributed by atoms with van der Waals surface area (Å²) in [5.41, 5.74) is 1.74. The molecule has 1 aliphatic heterocycles. The number of amides is 1. The Kier molecular flexibility index (Phi) is 6.75. The largest absolute Gasteiger partial charge is 0.376 e. The topological polar surface area (TPSA) is 80.2 Å². The van der Waals surface area contributed by atoms with Crippen LogP contribution in [-0.4, -0.2) is 40.3 Å². The molecular weight excluding hydrogens is 426 g/mol. The lowest BCUT2D eigenvalue weighted by Crippen LogP contribution is -2.22. The first-order valence-corrected chi connectivity index (χ1v) is 12.0. The zero-order valence-corrected chi connectivity index (χ0v) is 18.4. The minimum Gasteiger partial charge on any atom is -0.376 e. The van der Waals surface area contributed by atoms with Crippen molar-refractivity contribution in [3.05, 3.63) is 41.4 Å². The number of carbonyl (C=O) groups is 1. The summed E-state index contributed by atoms with van der Waals surface area (Å²) >= 11 is 4.60. The lowest BCUT2D eigenvalue weighted by Gasteiger charge is -2.17. The molecule has 1 aliphatic rings. The van der Waals surface area contributed by atoms with Gasteiger partial charge < -0.3 is 10.1 Å². The number of rotatable bonds is 8. The van der Waals surface area contributed by atoms with Crippen LogP contribution in [-0.2, 0) is 15.3 Å². The average molecular weight is 448 g/mol. The first-order valence-electron chi connectivity index (χ1n) is 9.31. The second-order valence-electron chi connectivity index (χ2n) is 6.49. The number of para-hydroxylation sites is 1. The highest BCUT2D eigenvalue weighted by molar-refractivity contribution is 8.00. The van der Waals surface area contributed by atoms with Gasteiger partial charge in [-0.15, -0.1) is 21.5 Å². The molecule has 7 nitrogen and oxygen atoms in total. The van der Waals surface area contributed by atoms with E-state index in [0.717, 1.165) is 46.8 Å². The van der Waals surface area contributed by atoms with Crippen LogP contribution in [0.5, 0.6) is 0 Å². The number of hydrogen-bond acceptors (Lipinski definition) is 9. The number of thiazole rings is 1. The maximum atomic E-state index is 12.1. The Hall–Kier alpha value is -2.01. The standard InChI is InChI=1S/C19H21N5O2S3/c1-13(25)24(15-6-3-2-4-7-15)18-21-14(11-27-18)12-28-19-23-22-17(29-19)20-10-16-8-5-9-26-16/h2-4,6-7,11,16H,5,8-10,12H2,1H3,(H,20,22)/t16-/m1/s1. The van der Waals surface area contributed by atoms with E-state index in [1.54, 1.807) is 23.6 Å². The Bertz CT molecular complexity index is 940. The number of hydrogen-bond donors (Lipinski definition) is 1. The fourth-order valence-electron chi connectivity index (χ4n) is 2.95. The van der Waals surface area contributed by atoms with Crippen molar-refractivity contribution in [2.45, 2.75) is 36.0 Å². The molecule has 0 aliphatic carbocycles. The number of nitrogens with one attached hydrogen (secondary N) is 1. The molecule has 3 aromatic rings. The molecule has 0 radical (unpaired) electrons. The van der Waals surface area contributed by atoms with E-state index in [-0.39, 0.29) is 12.0 Å². The van der Waals surface area contributed by atoms with E-state index in [1.807, 2.05) is 35.7 Å². The van der Waals surface area contributed by atoms with E-state index in [9.17, 15) is 4.79 Å². The molecule has 1 N–H and O–H groups in total. The molecule has 3 heterocycles. The quantitative estimate of drug-likeness (QED) is 0.507. The molecule has 0 unspecified atom stereocenters. The second-order valence-corrected chi connectivity index (χ2v) is 9.53. The van der Waals surface area contributed by atoms with Crippen LogP contribution >= 0.6 is 34.4 Å². The highest BCUT2D eigenvalue weighted by Gasteiger charge is 2.18. The summed E-state index contributed by atoms with van der Waals surface area (Å²) in [6, 6.07) is 9.57. The molecule has 152 valence electrons. The normalized spacial score (nSPS) is 16.1. The molecule has 0 saturated carbocycles. The van der Waals surface area contributed by atoms with Gasteiger partial charge in [-0.2, -0.15) is 0 Å². The van der Waals surface area contributed by atoms with E-state index >= 15 is 0 Å². The van der Waals surface area contributed by atoms with Crippen molar-refractivity contribution in [3.8, 4) is 0 Å². The molecule has 29 heavy (non-hydrogen) atoms. The summed E-state index contributed by atoms with van der Waals surface area (Å²) in [6.45, 7) is 3.18. The minimum atomic E-state index is -0.0594. The molecule has 0 spiro atoms. The van der Waals surface area contributed by atoms with Crippen LogP contribution in [0.25, 0.3) is 0 Å². The highest BCUT2D eigenvalue weighted by atomic mass is 32.2. The minimum absolute atomic E-state index is 0.0594. The highest BCUT2D eigenvalue weighted by Crippen LogP contribution is 2.32. The van der Waals surface area contributed by atoms with Crippen LogP contribution in [0, 0.1) is 0 Å². The van der Waals surface area contributed by atoms with Crippen LogP contribution in [0.1, 0.15) is 25.5 Å². The number of carbonyl (C=O) groups excluding carboxylic acids is 1. The number of aromatic nitrogens is 3. The molecule has 0 bridgehead atoms. The smallest absolute Gasteiger partial charge is 0.230 e. The molecule has 4 rings (SSSR count). The first kappa shape index (κ1) is 20.3. The maximum absolute atomic E-state index is 12.1. The predicted molar refractivity (Wildman–Crippen MR) is 118 cm³/mol. The summed E-state index contributed by atoms with van der Waals surface area (Å²) < 4.78 is 6.50. The SMILES string of the molecule is CC(=O)N(c1ccccc1)c1nc(CSc2nnc(NC[C@H]3CCCO3)s2)cs1. The Balaban J connectivity index is 1.34. The zero-order valence-electron chi connectivity index (χ0n) is 15.9. The Morgan fingerprint density at radius 2 is 2.21 bits per heavy atom. The van der Waals surface area contributed by atoms with Crippen LogP contribution in [0.4, 0.5) is 16.0 Å². The van der Waals surface area contributed by atoms with E-state index < -0.39 is 0 Å². The van der Waals surface area contributed by atoms with Crippen molar-refractivity contribution in [1.29, 1.82) is 0 Å². The van der Waals surface area contributed by atoms with Crippen LogP contribution < -0.4 is 10.2 Å². The molecule has 1 aromatic carbocycles. The van der Waals surface area contributed by atoms with E-state index in [2.05, 4.69) is 20.5 Å². The number of benzene rings is 1. The van der Waals surface area contributed by atoms with Gasteiger partial charge in [0.15, 0.2) is 9.47 Å². The van der Waals surface area contributed by atoms with Gasteiger partial charge in [-0.3, -0.25) is 9.69 Å². The predicted octanol–water partition coefficient (Wildman–Crippen LogP) is 4.56. The Morgan fingerprint density at radius 3 is 2.97 bits per heavy atom. The molecule has 10 heteroatoms. The fraction of sp³-hybridized carbons (Fsp3) is 0.368. The van der Waals surface area contributed by atoms with Crippen molar-refractivity contribution in [2.24, 2.45) is 0 Å². The number of thioether (sulfide) groups is 1. The third-order valence-electron chi connectivity index (χ3n) is 4.32. The summed E-state index contributed by atoms with van der Waals surface area (Å²) in [7, 11) is 0. The molecular formula is C19H21N5O2S3. The van der Waals surface area contributed by atoms with Crippen molar-refractivity contribution >= 4 is 56.3 Å². The molecule has 1 atom stereocenters. The summed E-state index contributed by atoms with van der Waals surface area (Å²) in [5, 5.41) is 15.2.